The zero-order chi connectivity index (χ0) is 37.1. The molecule has 2 aliphatic heterocycles. The minimum absolute atomic E-state index is 0.578. The molecule has 56 heavy (non-hydrogen) atoms. The molecule has 12 rings (SSSR count). The van der Waals surface area contributed by atoms with Crippen molar-refractivity contribution in [2.75, 3.05) is 21.3 Å². The van der Waals surface area contributed by atoms with Crippen LogP contribution in [0.4, 0.5) is 44.1 Å². The van der Waals surface area contributed by atoms with Crippen LogP contribution in [0.25, 0.3) is 74.7 Å². The molecule has 8 aromatic carbocycles. The van der Waals surface area contributed by atoms with Crippen molar-refractivity contribution in [1.82, 2.24) is 0 Å². The Morgan fingerprint density at radius 1 is 0.393 bits per heavy atom. The fraction of sp³-hybridized carbons (Fsp3) is 0. The summed E-state index contributed by atoms with van der Waals surface area (Å²) in [6.45, 7) is 0. The van der Waals surface area contributed by atoms with Crippen LogP contribution in [-0.4, -0.2) is 12.7 Å². The van der Waals surface area contributed by atoms with Gasteiger partial charge >= 0.3 is 0 Å². The first kappa shape index (κ1) is 31.4. The van der Waals surface area contributed by atoms with Crippen LogP contribution in [0.5, 0.6) is 0 Å². The van der Waals surface area contributed by atoms with Gasteiger partial charge in [0.1, 0.15) is 22.7 Å². The number of nitrogens with zero attached hydrogens (tertiary/aromatic N) is 4. The maximum atomic E-state index is 7.34. The van der Waals surface area contributed by atoms with E-state index in [9.17, 15) is 0 Å². The molecule has 264 valence electrons. The van der Waals surface area contributed by atoms with E-state index in [-0.39, 0.29) is 0 Å². The Balaban J connectivity index is 1.08. The normalized spacial score (nSPS) is 13.3. The molecule has 0 bridgehead atoms. The Hall–Kier alpha value is -7.00. The third-order valence-corrected chi connectivity index (χ3v) is 13.7. The van der Waals surface area contributed by atoms with E-state index in [2.05, 4.69) is 155 Å². The van der Waals surface area contributed by atoms with Crippen LogP contribution in [0.15, 0.2) is 156 Å². The number of nitrogens with two attached hydrogens (primary N) is 2. The largest absolute Gasteiger partial charge is 0.396 e. The molecule has 0 radical (unpaired) electrons. The summed E-state index contributed by atoms with van der Waals surface area (Å²) in [5.41, 5.74) is 21.9. The van der Waals surface area contributed by atoms with Crippen LogP contribution in [0, 0.1) is 0 Å². The number of nitrogen functional groups attached to an aromatic ring is 2. The van der Waals surface area contributed by atoms with Crippen LogP contribution < -0.4 is 21.3 Å². The van der Waals surface area contributed by atoms with E-state index in [1.807, 2.05) is 12.7 Å². The quantitative estimate of drug-likeness (QED) is 0.175. The fourth-order valence-corrected chi connectivity index (χ4v) is 11.4. The van der Waals surface area contributed by atoms with E-state index < -0.39 is 0 Å². The highest BCUT2D eigenvalue weighted by Gasteiger charge is 2.29. The molecule has 0 fully saturated rings. The van der Waals surface area contributed by atoms with Gasteiger partial charge < -0.3 is 11.5 Å². The van der Waals surface area contributed by atoms with Gasteiger partial charge in [0.2, 0.25) is 0 Å². The van der Waals surface area contributed by atoms with Crippen LogP contribution in [-0.2, 0) is 0 Å². The second-order valence-electron chi connectivity index (χ2n) is 14.2. The zero-order valence-corrected chi connectivity index (χ0v) is 31.4. The van der Waals surface area contributed by atoms with Crippen molar-refractivity contribution in [2.45, 2.75) is 0 Å². The van der Waals surface area contributed by atoms with Gasteiger partial charge in [-0.2, -0.15) is 0 Å². The minimum Gasteiger partial charge on any atom is -0.396 e. The van der Waals surface area contributed by atoms with Crippen LogP contribution in [0.2, 0.25) is 0 Å². The van der Waals surface area contributed by atoms with Crippen molar-refractivity contribution in [2.24, 2.45) is 9.98 Å². The van der Waals surface area contributed by atoms with Crippen LogP contribution >= 0.6 is 22.7 Å². The number of thiophene rings is 2. The summed E-state index contributed by atoms with van der Waals surface area (Å²) in [6, 6.07) is 51.2. The first-order chi connectivity index (χ1) is 27.6. The summed E-state index contributed by atoms with van der Waals surface area (Å²) in [5, 5.41) is 13.4. The molecule has 8 heteroatoms. The van der Waals surface area contributed by atoms with E-state index in [1.165, 1.54) is 10.8 Å². The monoisotopic (exact) mass is 754 g/mol. The summed E-state index contributed by atoms with van der Waals surface area (Å²) in [4.78, 5) is 16.4. The lowest BCUT2D eigenvalue weighted by Crippen LogP contribution is -2.15. The maximum Gasteiger partial charge on any atom is 0.109 e. The van der Waals surface area contributed by atoms with Gasteiger partial charge in [0, 0.05) is 53.2 Å². The summed E-state index contributed by atoms with van der Waals surface area (Å²) in [5.74, 6) is 0. The highest BCUT2D eigenvalue weighted by molar-refractivity contribution is 7.22. The number of fused-ring (bicyclic) bond motifs is 3. The predicted octanol–water partition coefficient (Wildman–Crippen LogP) is 13.7. The van der Waals surface area contributed by atoms with Crippen molar-refractivity contribution in [3.05, 3.63) is 146 Å². The fourth-order valence-electron chi connectivity index (χ4n) is 8.75. The van der Waals surface area contributed by atoms with Crippen molar-refractivity contribution in [3.8, 4) is 20.9 Å². The average Bonchev–Trinajstić information content (AvgIpc) is 3.81. The molecule has 0 amide bonds. The number of hydrogen-bond donors (Lipinski definition) is 2. The van der Waals surface area contributed by atoms with Gasteiger partial charge in [-0.25, -0.2) is 9.98 Å². The molecule has 0 spiro atoms. The molecule has 0 unspecified atom stereocenters. The summed E-state index contributed by atoms with van der Waals surface area (Å²) >= 11 is 3.46. The Labute approximate surface area is 329 Å². The number of anilines is 6. The molecular weight excluding hydrogens is 725 g/mol. The maximum absolute atomic E-state index is 7.34. The van der Waals surface area contributed by atoms with E-state index in [0.717, 1.165) is 96.7 Å². The third kappa shape index (κ3) is 4.30. The van der Waals surface area contributed by atoms with E-state index in [1.54, 1.807) is 22.7 Å². The lowest BCUT2D eigenvalue weighted by molar-refractivity contribution is 1.39. The molecule has 4 heterocycles. The highest BCUT2D eigenvalue weighted by Crippen LogP contribution is 2.56. The lowest BCUT2D eigenvalue weighted by Gasteiger charge is -2.24. The van der Waals surface area contributed by atoms with Gasteiger partial charge in [-0.05, 0) is 45.8 Å². The average molecular weight is 755 g/mol. The Bertz CT molecular complexity index is 3140. The Morgan fingerprint density at radius 2 is 0.768 bits per heavy atom. The molecule has 0 aliphatic carbocycles. The van der Waals surface area contributed by atoms with E-state index in [4.69, 9.17) is 21.5 Å². The van der Waals surface area contributed by atoms with Gasteiger partial charge in [0.25, 0.3) is 0 Å². The number of rotatable bonds is 4. The molecule has 0 saturated heterocycles. The highest BCUT2D eigenvalue weighted by atomic mass is 32.1. The molecular formula is C48H30N6S2. The molecule has 0 atom stereocenters. The van der Waals surface area contributed by atoms with E-state index >= 15 is 0 Å². The van der Waals surface area contributed by atoms with Crippen molar-refractivity contribution >= 4 is 133 Å². The van der Waals surface area contributed by atoms with E-state index in [0.29, 0.717) is 11.4 Å². The Kier molecular flexibility index (Phi) is 6.58. The minimum atomic E-state index is 0.578. The zero-order valence-electron chi connectivity index (χ0n) is 29.8. The van der Waals surface area contributed by atoms with Crippen LogP contribution in [0.1, 0.15) is 0 Å². The second kappa shape index (κ2) is 11.7. The number of benzene rings is 8. The van der Waals surface area contributed by atoms with Gasteiger partial charge in [-0.15, -0.1) is 22.7 Å². The molecule has 0 saturated carbocycles. The molecule has 2 aliphatic rings. The van der Waals surface area contributed by atoms with Crippen LogP contribution in [0.3, 0.4) is 0 Å². The van der Waals surface area contributed by atoms with Gasteiger partial charge in [-0.3, -0.25) is 9.80 Å². The van der Waals surface area contributed by atoms with Gasteiger partial charge in [0.15, 0.2) is 0 Å². The summed E-state index contributed by atoms with van der Waals surface area (Å²) in [7, 11) is 0. The first-order valence-corrected chi connectivity index (χ1v) is 20.1. The second-order valence-corrected chi connectivity index (χ2v) is 16.2. The third-order valence-electron chi connectivity index (χ3n) is 11.3. The molecule has 4 N–H and O–H groups in total. The molecule has 6 nitrogen and oxygen atoms in total. The van der Waals surface area contributed by atoms with Crippen molar-refractivity contribution in [1.29, 1.82) is 0 Å². The number of aliphatic imine (C=N–C) groups is 2. The summed E-state index contributed by atoms with van der Waals surface area (Å²) < 4.78 is 0. The van der Waals surface area contributed by atoms with Gasteiger partial charge in [0.05, 0.1) is 34.1 Å². The lowest BCUT2D eigenvalue weighted by atomic mass is 9.92. The van der Waals surface area contributed by atoms with Crippen molar-refractivity contribution in [3.63, 3.8) is 0 Å². The van der Waals surface area contributed by atoms with Crippen molar-refractivity contribution < 1.29 is 0 Å². The predicted molar refractivity (Wildman–Crippen MR) is 243 cm³/mol. The molecule has 2 aromatic heterocycles. The SMILES string of the molecule is Nc1c(N)c(-c2sc(N3C=Nc4cccc5cccc3c45)c3ccccc23)c2ccccc2c1-c1sc(N2C=Nc3cccc4cccc2c34)c2ccccc12. The number of hydrogen-bond acceptors (Lipinski definition) is 8. The Morgan fingerprint density at radius 3 is 1.20 bits per heavy atom. The first-order valence-electron chi connectivity index (χ1n) is 18.5. The molecule has 10 aromatic rings. The standard InChI is InChI=1S/C48H30N6S2/c49-43-41(45-31-17-3-5-19-33(31)47(55-45)53-25-51-35-21-7-11-27-13-9-23-37(53)39(27)35)29-15-1-2-16-30(29)42(44(43)50)46-32-18-4-6-20-34(32)48(56-46)54-26-52-36-22-8-12-28-14-10-24-38(54)40(28)36/h1-26H,49-50H2. The smallest absolute Gasteiger partial charge is 0.109 e. The summed E-state index contributed by atoms with van der Waals surface area (Å²) in [6.07, 6.45) is 3.90. The topological polar surface area (TPSA) is 83.2 Å². The van der Waals surface area contributed by atoms with Gasteiger partial charge in [-0.1, -0.05) is 121 Å².